The fourth-order valence-electron chi connectivity index (χ4n) is 2.01. The summed E-state index contributed by atoms with van der Waals surface area (Å²) < 4.78 is 10.4. The lowest BCUT2D eigenvalue weighted by molar-refractivity contribution is -0.122. The standard InChI is InChI=1S/C16H24N2O4/c1-6-18(10-15(19)17-11(2)3)16(20)13-8-7-12(21-4)9-14(13)22-5/h7-9,11H,6,10H2,1-5H3,(H,17,19). The summed E-state index contributed by atoms with van der Waals surface area (Å²) in [6, 6.07) is 5.02. The van der Waals surface area contributed by atoms with Crippen molar-refractivity contribution in [3.63, 3.8) is 0 Å². The summed E-state index contributed by atoms with van der Waals surface area (Å²) in [6.45, 7) is 6.03. The van der Waals surface area contributed by atoms with Crippen molar-refractivity contribution in [2.75, 3.05) is 27.3 Å². The fourth-order valence-corrected chi connectivity index (χ4v) is 2.01. The second-order valence-corrected chi connectivity index (χ2v) is 5.11. The minimum absolute atomic E-state index is 0.0166. The lowest BCUT2D eigenvalue weighted by Gasteiger charge is -2.22. The maximum atomic E-state index is 12.6. The number of carbonyl (C=O) groups is 2. The molecule has 0 aliphatic heterocycles. The molecule has 0 aromatic heterocycles. The molecule has 0 aliphatic carbocycles. The van der Waals surface area contributed by atoms with Gasteiger partial charge < -0.3 is 19.7 Å². The second-order valence-electron chi connectivity index (χ2n) is 5.11. The van der Waals surface area contributed by atoms with E-state index in [0.29, 0.717) is 23.6 Å². The summed E-state index contributed by atoms with van der Waals surface area (Å²) in [7, 11) is 3.04. The van der Waals surface area contributed by atoms with Crippen molar-refractivity contribution in [3.8, 4) is 11.5 Å². The molecule has 0 heterocycles. The molecule has 0 spiro atoms. The Kier molecular flexibility index (Phi) is 6.69. The molecule has 0 saturated carbocycles. The third-order valence-corrected chi connectivity index (χ3v) is 3.09. The molecule has 0 atom stereocenters. The van der Waals surface area contributed by atoms with Crippen molar-refractivity contribution in [2.24, 2.45) is 0 Å². The molecular weight excluding hydrogens is 284 g/mol. The van der Waals surface area contributed by atoms with Crippen LogP contribution in [0.2, 0.25) is 0 Å². The van der Waals surface area contributed by atoms with Crippen molar-refractivity contribution < 1.29 is 19.1 Å². The molecular formula is C16H24N2O4. The van der Waals surface area contributed by atoms with Gasteiger partial charge in [-0.25, -0.2) is 0 Å². The molecule has 0 bridgehead atoms. The van der Waals surface area contributed by atoms with Crippen LogP contribution >= 0.6 is 0 Å². The Labute approximate surface area is 131 Å². The Balaban J connectivity index is 2.94. The molecule has 1 aromatic rings. The van der Waals surface area contributed by atoms with E-state index in [1.54, 1.807) is 25.3 Å². The highest BCUT2D eigenvalue weighted by atomic mass is 16.5. The van der Waals surface area contributed by atoms with E-state index in [2.05, 4.69) is 5.32 Å². The summed E-state index contributed by atoms with van der Waals surface area (Å²) >= 11 is 0. The van der Waals surface area contributed by atoms with Gasteiger partial charge in [0, 0.05) is 18.7 Å². The van der Waals surface area contributed by atoms with E-state index in [-0.39, 0.29) is 24.4 Å². The van der Waals surface area contributed by atoms with Crippen LogP contribution in [-0.4, -0.2) is 50.1 Å². The highest BCUT2D eigenvalue weighted by Gasteiger charge is 2.21. The highest BCUT2D eigenvalue weighted by Crippen LogP contribution is 2.25. The lowest BCUT2D eigenvalue weighted by Crippen LogP contribution is -2.42. The Bertz CT molecular complexity index is 529. The summed E-state index contributed by atoms with van der Waals surface area (Å²) in [5.41, 5.74) is 0.405. The molecule has 1 aromatic carbocycles. The van der Waals surface area contributed by atoms with Crippen LogP contribution in [0.3, 0.4) is 0 Å². The Morgan fingerprint density at radius 1 is 1.23 bits per heavy atom. The number of benzene rings is 1. The normalized spacial score (nSPS) is 10.3. The van der Waals surface area contributed by atoms with Gasteiger partial charge in [0.25, 0.3) is 5.91 Å². The number of carbonyl (C=O) groups excluding carboxylic acids is 2. The summed E-state index contributed by atoms with van der Waals surface area (Å²) in [5, 5.41) is 2.78. The molecule has 122 valence electrons. The van der Waals surface area contributed by atoms with E-state index in [1.807, 2.05) is 20.8 Å². The van der Waals surface area contributed by atoms with Crippen LogP contribution in [0.25, 0.3) is 0 Å². The van der Waals surface area contributed by atoms with Crippen LogP contribution in [0.5, 0.6) is 11.5 Å². The predicted octanol–water partition coefficient (Wildman–Crippen LogP) is 1.69. The van der Waals surface area contributed by atoms with Gasteiger partial charge in [0.2, 0.25) is 5.91 Å². The first kappa shape index (κ1) is 17.8. The van der Waals surface area contributed by atoms with E-state index in [9.17, 15) is 9.59 Å². The average molecular weight is 308 g/mol. The molecule has 0 unspecified atom stereocenters. The van der Waals surface area contributed by atoms with Gasteiger partial charge in [-0.2, -0.15) is 0 Å². The Morgan fingerprint density at radius 2 is 1.91 bits per heavy atom. The monoisotopic (exact) mass is 308 g/mol. The first-order valence-corrected chi connectivity index (χ1v) is 7.23. The molecule has 6 nitrogen and oxygen atoms in total. The molecule has 22 heavy (non-hydrogen) atoms. The lowest BCUT2D eigenvalue weighted by atomic mass is 10.1. The van der Waals surface area contributed by atoms with E-state index in [4.69, 9.17) is 9.47 Å². The molecule has 0 radical (unpaired) electrons. The third kappa shape index (κ3) is 4.65. The third-order valence-electron chi connectivity index (χ3n) is 3.09. The van der Waals surface area contributed by atoms with Gasteiger partial charge in [-0.1, -0.05) is 0 Å². The first-order chi connectivity index (χ1) is 10.4. The van der Waals surface area contributed by atoms with Gasteiger partial charge in [-0.15, -0.1) is 0 Å². The minimum Gasteiger partial charge on any atom is -0.497 e. The van der Waals surface area contributed by atoms with Crippen LogP contribution in [0.4, 0.5) is 0 Å². The Morgan fingerprint density at radius 3 is 2.41 bits per heavy atom. The van der Waals surface area contributed by atoms with Gasteiger partial charge in [0.15, 0.2) is 0 Å². The highest BCUT2D eigenvalue weighted by molar-refractivity contribution is 5.99. The summed E-state index contributed by atoms with van der Waals surface area (Å²) in [4.78, 5) is 25.9. The van der Waals surface area contributed by atoms with Crippen molar-refractivity contribution in [2.45, 2.75) is 26.8 Å². The quantitative estimate of drug-likeness (QED) is 0.832. The largest absolute Gasteiger partial charge is 0.497 e. The first-order valence-electron chi connectivity index (χ1n) is 7.23. The average Bonchev–Trinajstić information content (AvgIpc) is 2.50. The van der Waals surface area contributed by atoms with Crippen molar-refractivity contribution in [1.29, 1.82) is 0 Å². The maximum Gasteiger partial charge on any atom is 0.258 e. The van der Waals surface area contributed by atoms with Gasteiger partial charge in [0.1, 0.15) is 11.5 Å². The number of methoxy groups -OCH3 is 2. The molecule has 1 rings (SSSR count). The molecule has 2 amide bonds. The van der Waals surface area contributed by atoms with Gasteiger partial charge in [-0.05, 0) is 32.9 Å². The molecule has 0 saturated heterocycles. The van der Waals surface area contributed by atoms with Gasteiger partial charge in [0.05, 0.1) is 26.3 Å². The summed E-state index contributed by atoms with van der Waals surface area (Å²) in [6.07, 6.45) is 0. The van der Waals surface area contributed by atoms with E-state index >= 15 is 0 Å². The van der Waals surface area contributed by atoms with Crippen LogP contribution in [-0.2, 0) is 4.79 Å². The number of rotatable bonds is 7. The number of hydrogen-bond donors (Lipinski definition) is 1. The zero-order chi connectivity index (χ0) is 16.7. The van der Waals surface area contributed by atoms with Crippen LogP contribution in [0.1, 0.15) is 31.1 Å². The number of amides is 2. The second kappa shape index (κ2) is 8.26. The van der Waals surface area contributed by atoms with Crippen molar-refractivity contribution in [3.05, 3.63) is 23.8 Å². The van der Waals surface area contributed by atoms with Crippen LogP contribution in [0, 0.1) is 0 Å². The molecule has 6 heteroatoms. The zero-order valence-electron chi connectivity index (χ0n) is 13.8. The molecule has 1 N–H and O–H groups in total. The Hall–Kier alpha value is -2.24. The van der Waals surface area contributed by atoms with E-state index in [0.717, 1.165) is 0 Å². The van der Waals surface area contributed by atoms with E-state index < -0.39 is 0 Å². The fraction of sp³-hybridized carbons (Fsp3) is 0.500. The van der Waals surface area contributed by atoms with Gasteiger partial charge >= 0.3 is 0 Å². The van der Waals surface area contributed by atoms with Crippen LogP contribution in [0.15, 0.2) is 18.2 Å². The number of nitrogens with one attached hydrogen (secondary N) is 1. The van der Waals surface area contributed by atoms with Crippen molar-refractivity contribution in [1.82, 2.24) is 10.2 Å². The SMILES string of the molecule is CCN(CC(=O)NC(C)C)C(=O)c1ccc(OC)cc1OC. The van der Waals surface area contributed by atoms with Gasteiger partial charge in [-0.3, -0.25) is 9.59 Å². The van der Waals surface area contributed by atoms with Crippen LogP contribution < -0.4 is 14.8 Å². The smallest absolute Gasteiger partial charge is 0.258 e. The molecule has 0 fully saturated rings. The molecule has 0 aliphatic rings. The van der Waals surface area contributed by atoms with Crippen molar-refractivity contribution >= 4 is 11.8 Å². The summed E-state index contributed by atoms with van der Waals surface area (Å²) in [5.74, 6) is 0.597. The number of nitrogens with zero attached hydrogens (tertiary/aromatic N) is 1. The topological polar surface area (TPSA) is 67.9 Å². The minimum atomic E-state index is -0.249. The van der Waals surface area contributed by atoms with E-state index in [1.165, 1.54) is 12.0 Å². The number of ether oxygens (including phenoxy) is 2. The number of likely N-dealkylation sites (N-methyl/N-ethyl adjacent to an activating group) is 1. The zero-order valence-corrected chi connectivity index (χ0v) is 13.8. The maximum absolute atomic E-state index is 12.6. The number of hydrogen-bond acceptors (Lipinski definition) is 4. The predicted molar refractivity (Wildman–Crippen MR) is 84.4 cm³/mol.